The van der Waals surface area contributed by atoms with Crippen LogP contribution in [0.2, 0.25) is 0 Å². The van der Waals surface area contributed by atoms with E-state index in [0.717, 1.165) is 25.8 Å². The highest BCUT2D eigenvalue weighted by Crippen LogP contribution is 2.26. The van der Waals surface area contributed by atoms with Gasteiger partial charge in [0.15, 0.2) is 0 Å². The maximum absolute atomic E-state index is 11.4. The standard InChI is InChI=1S/C12H19NO/c14-12(11-7-2-8-11)13-9-3-6-10-4-1-5-10/h4,11H,1-3,5-9H2,(H,13,14). The Balaban J connectivity index is 1.51. The molecule has 78 valence electrons. The molecule has 1 fully saturated rings. The van der Waals surface area contributed by atoms with Crippen LogP contribution in [0.1, 0.15) is 44.9 Å². The van der Waals surface area contributed by atoms with Gasteiger partial charge in [-0.25, -0.2) is 0 Å². The zero-order chi connectivity index (χ0) is 9.80. The van der Waals surface area contributed by atoms with Crippen molar-refractivity contribution in [3.05, 3.63) is 11.6 Å². The minimum Gasteiger partial charge on any atom is -0.356 e. The topological polar surface area (TPSA) is 29.1 Å². The molecule has 14 heavy (non-hydrogen) atoms. The van der Waals surface area contributed by atoms with Gasteiger partial charge in [0.1, 0.15) is 0 Å². The van der Waals surface area contributed by atoms with Crippen LogP contribution in [0.3, 0.4) is 0 Å². The number of allylic oxidation sites excluding steroid dienone is 2. The molecule has 1 amide bonds. The molecule has 0 atom stereocenters. The van der Waals surface area contributed by atoms with Crippen LogP contribution >= 0.6 is 0 Å². The van der Waals surface area contributed by atoms with Crippen molar-refractivity contribution in [3.63, 3.8) is 0 Å². The molecule has 0 aromatic heterocycles. The van der Waals surface area contributed by atoms with Crippen molar-refractivity contribution in [2.75, 3.05) is 6.54 Å². The number of nitrogens with one attached hydrogen (secondary N) is 1. The van der Waals surface area contributed by atoms with Crippen molar-refractivity contribution in [1.82, 2.24) is 5.32 Å². The van der Waals surface area contributed by atoms with Gasteiger partial charge in [-0.15, -0.1) is 0 Å². The van der Waals surface area contributed by atoms with E-state index in [1.54, 1.807) is 5.57 Å². The summed E-state index contributed by atoms with van der Waals surface area (Å²) in [6, 6.07) is 0. The van der Waals surface area contributed by atoms with Gasteiger partial charge in [0.2, 0.25) is 5.91 Å². The Bertz CT molecular complexity index is 241. The molecule has 2 aliphatic carbocycles. The zero-order valence-corrected chi connectivity index (χ0v) is 8.72. The molecule has 2 heteroatoms. The van der Waals surface area contributed by atoms with Crippen molar-refractivity contribution < 1.29 is 4.79 Å². The summed E-state index contributed by atoms with van der Waals surface area (Å²) >= 11 is 0. The molecule has 0 aliphatic heterocycles. The Labute approximate surface area is 85.8 Å². The van der Waals surface area contributed by atoms with E-state index in [1.165, 1.54) is 25.7 Å². The maximum Gasteiger partial charge on any atom is 0.223 e. The van der Waals surface area contributed by atoms with Crippen LogP contribution in [-0.4, -0.2) is 12.5 Å². The normalized spacial score (nSPS) is 20.7. The van der Waals surface area contributed by atoms with Crippen LogP contribution in [-0.2, 0) is 4.79 Å². The Morgan fingerprint density at radius 2 is 2.29 bits per heavy atom. The van der Waals surface area contributed by atoms with Gasteiger partial charge < -0.3 is 5.32 Å². The Hall–Kier alpha value is -0.790. The van der Waals surface area contributed by atoms with E-state index in [9.17, 15) is 4.79 Å². The fourth-order valence-corrected chi connectivity index (χ4v) is 1.92. The summed E-state index contributed by atoms with van der Waals surface area (Å²) in [4.78, 5) is 11.4. The molecule has 2 aliphatic rings. The van der Waals surface area contributed by atoms with E-state index in [-0.39, 0.29) is 0 Å². The molecule has 1 N–H and O–H groups in total. The second kappa shape index (κ2) is 4.63. The van der Waals surface area contributed by atoms with Crippen molar-refractivity contribution in [2.24, 2.45) is 5.92 Å². The summed E-state index contributed by atoms with van der Waals surface area (Å²) in [7, 11) is 0. The molecule has 0 radical (unpaired) electrons. The fraction of sp³-hybridized carbons (Fsp3) is 0.750. The number of rotatable bonds is 5. The van der Waals surface area contributed by atoms with Gasteiger partial charge in [-0.3, -0.25) is 4.79 Å². The van der Waals surface area contributed by atoms with E-state index in [1.807, 2.05) is 0 Å². The van der Waals surface area contributed by atoms with Crippen LogP contribution in [0.15, 0.2) is 11.6 Å². The first-order chi connectivity index (χ1) is 6.86. The van der Waals surface area contributed by atoms with E-state index in [2.05, 4.69) is 11.4 Å². The lowest BCUT2D eigenvalue weighted by molar-refractivity contribution is -0.127. The largest absolute Gasteiger partial charge is 0.356 e. The molecular formula is C12H19NO. The summed E-state index contributed by atoms with van der Waals surface area (Å²) in [6.07, 6.45) is 10.6. The van der Waals surface area contributed by atoms with Gasteiger partial charge >= 0.3 is 0 Å². The second-order valence-electron chi connectivity index (χ2n) is 4.42. The molecule has 0 aromatic carbocycles. The van der Waals surface area contributed by atoms with Crippen LogP contribution in [0.4, 0.5) is 0 Å². The lowest BCUT2D eigenvalue weighted by atomic mass is 9.85. The highest BCUT2D eigenvalue weighted by atomic mass is 16.1. The van der Waals surface area contributed by atoms with E-state index >= 15 is 0 Å². The first kappa shape index (κ1) is 9.75. The highest BCUT2D eigenvalue weighted by molar-refractivity contribution is 5.79. The molecule has 0 heterocycles. The summed E-state index contributed by atoms with van der Waals surface area (Å²) in [5.41, 5.74) is 1.59. The second-order valence-corrected chi connectivity index (χ2v) is 4.42. The minimum absolute atomic E-state index is 0.291. The molecule has 0 bridgehead atoms. The monoisotopic (exact) mass is 193 g/mol. The highest BCUT2D eigenvalue weighted by Gasteiger charge is 2.24. The molecule has 0 saturated heterocycles. The molecule has 0 spiro atoms. The van der Waals surface area contributed by atoms with Crippen LogP contribution in [0.5, 0.6) is 0 Å². The van der Waals surface area contributed by atoms with Gasteiger partial charge in [-0.2, -0.15) is 0 Å². The van der Waals surface area contributed by atoms with E-state index in [4.69, 9.17) is 0 Å². The summed E-state index contributed by atoms with van der Waals surface area (Å²) in [5, 5.41) is 3.02. The molecule has 1 saturated carbocycles. The quantitative estimate of drug-likeness (QED) is 0.527. The number of hydrogen-bond acceptors (Lipinski definition) is 1. The first-order valence-electron chi connectivity index (χ1n) is 5.82. The third-order valence-corrected chi connectivity index (χ3v) is 3.35. The summed E-state index contributed by atoms with van der Waals surface area (Å²) in [6.45, 7) is 0.868. The average Bonchev–Trinajstić information content (AvgIpc) is 1.97. The number of hydrogen-bond donors (Lipinski definition) is 1. The molecule has 0 aromatic rings. The van der Waals surface area contributed by atoms with E-state index in [0.29, 0.717) is 11.8 Å². The summed E-state index contributed by atoms with van der Waals surface area (Å²) < 4.78 is 0. The van der Waals surface area contributed by atoms with Gasteiger partial charge in [0.25, 0.3) is 0 Å². The van der Waals surface area contributed by atoms with Gasteiger partial charge in [-0.05, 0) is 38.5 Å². The lowest BCUT2D eigenvalue weighted by Gasteiger charge is -2.24. The number of carbonyl (C=O) groups is 1. The Morgan fingerprint density at radius 1 is 1.50 bits per heavy atom. The maximum atomic E-state index is 11.4. The van der Waals surface area contributed by atoms with Crippen molar-refractivity contribution in [2.45, 2.75) is 44.9 Å². The van der Waals surface area contributed by atoms with Crippen LogP contribution in [0.25, 0.3) is 0 Å². The van der Waals surface area contributed by atoms with Crippen molar-refractivity contribution in [3.8, 4) is 0 Å². The predicted molar refractivity (Wildman–Crippen MR) is 56.9 cm³/mol. The summed E-state index contributed by atoms with van der Waals surface area (Å²) in [5.74, 6) is 0.636. The average molecular weight is 193 g/mol. The Kier molecular flexibility index (Phi) is 3.22. The molecule has 0 unspecified atom stereocenters. The fourth-order valence-electron chi connectivity index (χ4n) is 1.92. The van der Waals surface area contributed by atoms with Crippen molar-refractivity contribution >= 4 is 5.91 Å². The third kappa shape index (κ3) is 2.37. The lowest BCUT2D eigenvalue weighted by Crippen LogP contribution is -2.34. The van der Waals surface area contributed by atoms with Crippen molar-refractivity contribution in [1.29, 1.82) is 0 Å². The Morgan fingerprint density at radius 3 is 2.79 bits per heavy atom. The van der Waals surface area contributed by atoms with Gasteiger partial charge in [-0.1, -0.05) is 18.1 Å². The minimum atomic E-state index is 0.291. The SMILES string of the molecule is O=C(NCCCC1=CCC1)C1CCC1. The molecular weight excluding hydrogens is 174 g/mol. The predicted octanol–water partition coefficient (Wildman–Crippen LogP) is 2.40. The van der Waals surface area contributed by atoms with Gasteiger partial charge in [0.05, 0.1) is 0 Å². The zero-order valence-electron chi connectivity index (χ0n) is 8.72. The number of amides is 1. The van der Waals surface area contributed by atoms with Crippen LogP contribution < -0.4 is 5.32 Å². The van der Waals surface area contributed by atoms with Gasteiger partial charge in [0, 0.05) is 12.5 Å². The first-order valence-corrected chi connectivity index (χ1v) is 5.82. The molecule has 2 rings (SSSR count). The third-order valence-electron chi connectivity index (χ3n) is 3.35. The van der Waals surface area contributed by atoms with Crippen LogP contribution in [0, 0.1) is 5.92 Å². The molecule has 2 nitrogen and oxygen atoms in total. The smallest absolute Gasteiger partial charge is 0.223 e. The number of carbonyl (C=O) groups excluding carboxylic acids is 1. The van der Waals surface area contributed by atoms with E-state index < -0.39 is 0 Å².